The molecule has 1 fully saturated rings. The van der Waals surface area contributed by atoms with E-state index in [1.54, 1.807) is 18.4 Å². The highest BCUT2D eigenvalue weighted by atomic mass is 32.1. The third-order valence-electron chi connectivity index (χ3n) is 3.82. The monoisotopic (exact) mass is 277 g/mol. The largest absolute Gasteiger partial charge is 0.378 e. The van der Waals surface area contributed by atoms with Gasteiger partial charge >= 0.3 is 0 Å². The molecular weight excluding hydrogens is 258 g/mol. The second-order valence-corrected chi connectivity index (χ2v) is 5.96. The Hall–Kier alpha value is -0.940. The molecule has 3 nitrogen and oxygen atoms in total. The van der Waals surface area contributed by atoms with Gasteiger partial charge in [0.05, 0.1) is 6.61 Å². The standard InChI is InChI=1S/C15H19NO2S/c1-17-15(6-7-18-11-15)10-16-8-12-9-19-14-5-3-2-4-13(12)14/h2-5,9,16H,6-8,10-11H2,1H3. The van der Waals surface area contributed by atoms with Crippen molar-refractivity contribution in [3.63, 3.8) is 0 Å². The van der Waals surface area contributed by atoms with Gasteiger partial charge in [-0.05, 0) is 22.4 Å². The molecule has 2 heterocycles. The summed E-state index contributed by atoms with van der Waals surface area (Å²) in [6, 6.07) is 8.55. The van der Waals surface area contributed by atoms with Gasteiger partial charge in [-0.15, -0.1) is 11.3 Å². The van der Waals surface area contributed by atoms with Crippen molar-refractivity contribution in [2.24, 2.45) is 0 Å². The summed E-state index contributed by atoms with van der Waals surface area (Å²) in [5.74, 6) is 0. The van der Waals surface area contributed by atoms with Gasteiger partial charge in [0.1, 0.15) is 5.60 Å². The average Bonchev–Trinajstić information content (AvgIpc) is 3.07. The number of methoxy groups -OCH3 is 1. The molecule has 1 aromatic carbocycles. The van der Waals surface area contributed by atoms with Crippen molar-refractivity contribution in [2.75, 3.05) is 26.9 Å². The maximum absolute atomic E-state index is 5.62. The first-order valence-corrected chi connectivity index (χ1v) is 7.50. The Kier molecular flexibility index (Phi) is 3.84. The molecule has 1 atom stereocenters. The first-order valence-electron chi connectivity index (χ1n) is 6.62. The zero-order valence-electron chi connectivity index (χ0n) is 11.1. The van der Waals surface area contributed by atoms with E-state index < -0.39 is 0 Å². The van der Waals surface area contributed by atoms with Crippen molar-refractivity contribution < 1.29 is 9.47 Å². The summed E-state index contributed by atoms with van der Waals surface area (Å²) in [7, 11) is 1.77. The fourth-order valence-electron chi connectivity index (χ4n) is 2.56. The maximum atomic E-state index is 5.62. The van der Waals surface area contributed by atoms with Crippen LogP contribution >= 0.6 is 11.3 Å². The molecule has 1 N–H and O–H groups in total. The summed E-state index contributed by atoms with van der Waals surface area (Å²) in [4.78, 5) is 0. The van der Waals surface area contributed by atoms with Crippen LogP contribution in [0.3, 0.4) is 0 Å². The predicted molar refractivity (Wildman–Crippen MR) is 78.7 cm³/mol. The topological polar surface area (TPSA) is 30.5 Å². The van der Waals surface area contributed by atoms with Gasteiger partial charge in [-0.2, -0.15) is 0 Å². The lowest BCUT2D eigenvalue weighted by Gasteiger charge is -2.26. The second-order valence-electron chi connectivity index (χ2n) is 5.05. The van der Waals surface area contributed by atoms with Crippen LogP contribution in [-0.2, 0) is 16.0 Å². The number of thiophene rings is 1. The highest BCUT2D eigenvalue weighted by molar-refractivity contribution is 7.17. The molecule has 1 aromatic heterocycles. The minimum absolute atomic E-state index is 0.133. The van der Waals surface area contributed by atoms with Crippen molar-refractivity contribution >= 4 is 21.4 Å². The summed E-state index contributed by atoms with van der Waals surface area (Å²) >= 11 is 1.81. The van der Waals surface area contributed by atoms with E-state index >= 15 is 0 Å². The van der Waals surface area contributed by atoms with Crippen LogP contribution in [0.5, 0.6) is 0 Å². The molecule has 0 saturated carbocycles. The Morgan fingerprint density at radius 3 is 3.11 bits per heavy atom. The van der Waals surface area contributed by atoms with Crippen molar-refractivity contribution in [2.45, 2.75) is 18.6 Å². The van der Waals surface area contributed by atoms with Gasteiger partial charge in [0.15, 0.2) is 0 Å². The number of fused-ring (bicyclic) bond motifs is 1. The van der Waals surface area contributed by atoms with E-state index in [9.17, 15) is 0 Å². The highest BCUT2D eigenvalue weighted by Crippen LogP contribution is 2.26. The number of benzene rings is 1. The molecule has 4 heteroatoms. The highest BCUT2D eigenvalue weighted by Gasteiger charge is 2.34. The van der Waals surface area contributed by atoms with Gasteiger partial charge in [0, 0.05) is 37.9 Å². The van der Waals surface area contributed by atoms with Gasteiger partial charge < -0.3 is 14.8 Å². The Morgan fingerprint density at radius 1 is 1.42 bits per heavy atom. The minimum Gasteiger partial charge on any atom is -0.378 e. The fourth-order valence-corrected chi connectivity index (χ4v) is 3.52. The molecule has 1 unspecified atom stereocenters. The first-order chi connectivity index (χ1) is 9.33. The van der Waals surface area contributed by atoms with E-state index in [2.05, 4.69) is 35.0 Å². The number of hydrogen-bond acceptors (Lipinski definition) is 4. The summed E-state index contributed by atoms with van der Waals surface area (Å²) in [6.45, 7) is 3.22. The van der Waals surface area contributed by atoms with Crippen LogP contribution in [0.1, 0.15) is 12.0 Å². The third kappa shape index (κ3) is 2.67. The van der Waals surface area contributed by atoms with Gasteiger partial charge in [-0.3, -0.25) is 0 Å². The van der Waals surface area contributed by atoms with Crippen molar-refractivity contribution in [3.8, 4) is 0 Å². The Bertz CT molecular complexity index is 546. The lowest BCUT2D eigenvalue weighted by atomic mass is 10.0. The van der Waals surface area contributed by atoms with E-state index in [4.69, 9.17) is 9.47 Å². The van der Waals surface area contributed by atoms with Crippen molar-refractivity contribution in [1.82, 2.24) is 5.32 Å². The van der Waals surface area contributed by atoms with Crippen molar-refractivity contribution in [3.05, 3.63) is 35.2 Å². The molecule has 3 rings (SSSR count). The van der Waals surface area contributed by atoms with E-state index in [0.717, 1.165) is 26.1 Å². The summed E-state index contributed by atoms with van der Waals surface area (Å²) in [5.41, 5.74) is 1.23. The quantitative estimate of drug-likeness (QED) is 0.911. The molecule has 19 heavy (non-hydrogen) atoms. The average molecular weight is 277 g/mol. The van der Waals surface area contributed by atoms with Crippen molar-refractivity contribution in [1.29, 1.82) is 0 Å². The fraction of sp³-hybridized carbons (Fsp3) is 0.467. The zero-order valence-corrected chi connectivity index (χ0v) is 12.0. The summed E-state index contributed by atoms with van der Waals surface area (Å²) < 4.78 is 12.4. The molecule has 1 aliphatic rings. The van der Waals surface area contributed by atoms with Gasteiger partial charge in [-0.25, -0.2) is 0 Å². The molecule has 0 aliphatic carbocycles. The molecule has 2 aromatic rings. The Morgan fingerprint density at radius 2 is 2.32 bits per heavy atom. The van der Waals surface area contributed by atoms with Gasteiger partial charge in [0.2, 0.25) is 0 Å². The molecule has 0 bridgehead atoms. The zero-order chi connectivity index (χ0) is 13.1. The molecule has 1 aliphatic heterocycles. The molecule has 0 spiro atoms. The normalized spacial score (nSPS) is 23.2. The number of hydrogen-bond donors (Lipinski definition) is 1. The van der Waals surface area contributed by atoms with Crippen LogP contribution in [0.15, 0.2) is 29.6 Å². The van der Waals surface area contributed by atoms with Crippen LogP contribution in [0, 0.1) is 0 Å². The van der Waals surface area contributed by atoms with Gasteiger partial charge in [0.25, 0.3) is 0 Å². The molecule has 0 amide bonds. The van der Waals surface area contributed by atoms with Gasteiger partial charge in [-0.1, -0.05) is 18.2 Å². The maximum Gasteiger partial charge on any atom is 0.106 e. The van der Waals surface area contributed by atoms with E-state index in [0.29, 0.717) is 6.61 Å². The molecule has 0 radical (unpaired) electrons. The van der Waals surface area contributed by atoms with E-state index in [-0.39, 0.29) is 5.60 Å². The minimum atomic E-state index is -0.133. The lowest BCUT2D eigenvalue weighted by molar-refractivity contribution is -0.0159. The van der Waals surface area contributed by atoms with Crippen LogP contribution < -0.4 is 5.32 Å². The number of nitrogens with one attached hydrogen (secondary N) is 1. The number of rotatable bonds is 5. The molecule has 102 valence electrons. The summed E-state index contributed by atoms with van der Waals surface area (Å²) in [6.07, 6.45) is 0.973. The van der Waals surface area contributed by atoms with Crippen LogP contribution in [0.2, 0.25) is 0 Å². The second kappa shape index (κ2) is 5.59. The van der Waals surface area contributed by atoms with Crippen LogP contribution in [0.4, 0.5) is 0 Å². The van der Waals surface area contributed by atoms with E-state index in [1.807, 2.05) is 0 Å². The lowest BCUT2D eigenvalue weighted by Crippen LogP contribution is -2.42. The smallest absolute Gasteiger partial charge is 0.106 e. The van der Waals surface area contributed by atoms with Crippen LogP contribution in [0.25, 0.3) is 10.1 Å². The number of ether oxygens (including phenoxy) is 2. The Labute approximate surface area is 117 Å². The third-order valence-corrected chi connectivity index (χ3v) is 4.84. The van der Waals surface area contributed by atoms with E-state index in [1.165, 1.54) is 15.6 Å². The first kappa shape index (κ1) is 13.1. The molecular formula is C15H19NO2S. The SMILES string of the molecule is COC1(CNCc2csc3ccccc23)CCOC1. The summed E-state index contributed by atoms with van der Waals surface area (Å²) in [5, 5.41) is 7.11. The molecule has 1 saturated heterocycles. The van der Waals surface area contributed by atoms with Crippen LogP contribution in [-0.4, -0.2) is 32.5 Å². The Balaban J connectivity index is 1.63. The predicted octanol–water partition coefficient (Wildman–Crippen LogP) is 2.80.